The van der Waals surface area contributed by atoms with Gasteiger partial charge in [0, 0.05) is 44.2 Å². The molecule has 0 radical (unpaired) electrons. The van der Waals surface area contributed by atoms with E-state index in [1.807, 2.05) is 72.8 Å². The number of hydrogen-bond donors (Lipinski definition) is 0. The zero-order valence-electron chi connectivity index (χ0n) is 30.7. The predicted molar refractivity (Wildman–Crippen MR) is 229 cm³/mol. The van der Waals surface area contributed by atoms with Crippen LogP contribution in [0.4, 0.5) is 0 Å². The molecule has 264 valence electrons. The van der Waals surface area contributed by atoms with Gasteiger partial charge in [-0.25, -0.2) is 19.9 Å². The highest BCUT2D eigenvalue weighted by Crippen LogP contribution is 2.42. The summed E-state index contributed by atoms with van der Waals surface area (Å²) >= 11 is 0. The Hall–Kier alpha value is -7.50. The number of fused-ring (bicyclic) bond motifs is 3. The molecule has 7 aromatic carbocycles. The third-order valence-electron chi connectivity index (χ3n) is 10.3. The summed E-state index contributed by atoms with van der Waals surface area (Å²) in [5, 5.41) is 2.34. The molecule has 0 amide bonds. The van der Waals surface area contributed by atoms with Gasteiger partial charge in [-0.1, -0.05) is 157 Å². The fraction of sp³-hybridized carbons (Fsp3) is 0.0196. The van der Waals surface area contributed by atoms with Gasteiger partial charge in [-0.05, 0) is 49.4 Å². The van der Waals surface area contributed by atoms with E-state index in [9.17, 15) is 0 Å². The molecule has 10 aromatic rings. The van der Waals surface area contributed by atoms with Gasteiger partial charge in [-0.15, -0.1) is 0 Å². The summed E-state index contributed by atoms with van der Waals surface area (Å²) in [5.41, 5.74) is 13.5. The number of aryl methyl sites for hydroxylation is 1. The van der Waals surface area contributed by atoms with Gasteiger partial charge < -0.3 is 4.57 Å². The van der Waals surface area contributed by atoms with Crippen LogP contribution in [0.15, 0.2) is 194 Å². The van der Waals surface area contributed by atoms with Gasteiger partial charge in [0.1, 0.15) is 0 Å². The maximum Gasteiger partial charge on any atom is 0.162 e. The number of rotatable bonds is 7. The second-order valence-electron chi connectivity index (χ2n) is 14.0. The highest BCUT2D eigenvalue weighted by molar-refractivity contribution is 6.10. The molecule has 0 unspecified atom stereocenters. The molecule has 0 saturated carbocycles. The Morgan fingerprint density at radius 1 is 0.339 bits per heavy atom. The van der Waals surface area contributed by atoms with Crippen molar-refractivity contribution in [3.8, 4) is 73.5 Å². The third kappa shape index (κ3) is 6.02. The summed E-state index contributed by atoms with van der Waals surface area (Å²) < 4.78 is 2.36. The second-order valence-corrected chi connectivity index (χ2v) is 14.0. The van der Waals surface area contributed by atoms with E-state index >= 15 is 0 Å². The van der Waals surface area contributed by atoms with Crippen molar-refractivity contribution in [3.63, 3.8) is 0 Å². The number of aromatic nitrogens is 5. The van der Waals surface area contributed by atoms with Crippen molar-refractivity contribution in [2.75, 3.05) is 0 Å². The number of nitrogens with zero attached hydrogens (tertiary/aromatic N) is 5. The van der Waals surface area contributed by atoms with E-state index in [-0.39, 0.29) is 0 Å². The van der Waals surface area contributed by atoms with Crippen molar-refractivity contribution >= 4 is 21.8 Å². The lowest BCUT2D eigenvalue weighted by Gasteiger charge is -2.19. The van der Waals surface area contributed by atoms with Crippen LogP contribution in [-0.2, 0) is 0 Å². The first kappa shape index (κ1) is 33.1. The number of hydrogen-bond acceptors (Lipinski definition) is 4. The lowest BCUT2D eigenvalue weighted by atomic mass is 10.0. The molecule has 0 saturated heterocycles. The molecule has 10 rings (SSSR count). The van der Waals surface area contributed by atoms with E-state index in [2.05, 4.69) is 133 Å². The van der Waals surface area contributed by atoms with Gasteiger partial charge in [0.05, 0.1) is 39.5 Å². The summed E-state index contributed by atoms with van der Waals surface area (Å²) in [6.07, 6.45) is 0. The third-order valence-corrected chi connectivity index (χ3v) is 10.3. The average molecular weight is 718 g/mol. The van der Waals surface area contributed by atoms with E-state index in [1.165, 1.54) is 16.3 Å². The zero-order valence-corrected chi connectivity index (χ0v) is 30.7. The minimum atomic E-state index is 0.614. The first-order valence-corrected chi connectivity index (χ1v) is 18.8. The molecule has 0 spiro atoms. The van der Waals surface area contributed by atoms with E-state index in [0.29, 0.717) is 11.6 Å². The van der Waals surface area contributed by atoms with Crippen LogP contribution in [0.5, 0.6) is 0 Å². The second kappa shape index (κ2) is 14.0. The van der Waals surface area contributed by atoms with Crippen molar-refractivity contribution in [2.45, 2.75) is 6.92 Å². The lowest BCUT2D eigenvalue weighted by Crippen LogP contribution is -2.05. The van der Waals surface area contributed by atoms with E-state index in [1.54, 1.807) is 0 Å². The summed E-state index contributed by atoms with van der Waals surface area (Å²) in [6.45, 7) is 2.15. The van der Waals surface area contributed by atoms with Gasteiger partial charge in [-0.2, -0.15) is 0 Å². The monoisotopic (exact) mass is 717 g/mol. The fourth-order valence-corrected chi connectivity index (χ4v) is 7.64. The standard InChI is InChI=1S/C51H35N5/c1-34-29-30-48-42(31-34)39-25-14-15-28-47(39)56(48)49-40(50-52-43(35-17-6-2-7-18-35)32-44(53-50)36-19-8-3-9-20-36)26-16-27-41(49)51-54-45(37-21-10-4-11-22-37)33-46(55-51)38-23-12-5-13-24-38/h2-33H,1H3. The van der Waals surface area contributed by atoms with Crippen LogP contribution in [0.1, 0.15) is 5.56 Å². The fourth-order valence-electron chi connectivity index (χ4n) is 7.64. The minimum Gasteiger partial charge on any atom is -0.308 e. The Kier molecular flexibility index (Phi) is 8.30. The SMILES string of the molecule is Cc1ccc2c(c1)c1ccccc1n2-c1c(-c2nc(-c3ccccc3)cc(-c3ccccc3)n2)cccc1-c1nc(-c2ccccc2)cc(-c2ccccc2)n1. The van der Waals surface area contributed by atoms with Crippen LogP contribution in [0, 0.1) is 6.92 Å². The zero-order chi connectivity index (χ0) is 37.4. The normalized spacial score (nSPS) is 11.3. The number of para-hydroxylation sites is 2. The molecule has 0 bridgehead atoms. The van der Waals surface area contributed by atoms with Crippen LogP contribution < -0.4 is 0 Å². The van der Waals surface area contributed by atoms with Crippen LogP contribution in [0.25, 0.3) is 95.3 Å². The number of benzene rings is 7. The molecule has 5 heteroatoms. The molecule has 0 aliphatic heterocycles. The quantitative estimate of drug-likeness (QED) is 0.165. The van der Waals surface area contributed by atoms with Crippen molar-refractivity contribution in [2.24, 2.45) is 0 Å². The van der Waals surface area contributed by atoms with Gasteiger partial charge in [0.2, 0.25) is 0 Å². The summed E-state index contributed by atoms with van der Waals surface area (Å²) in [6, 6.07) is 67.1. The largest absolute Gasteiger partial charge is 0.308 e. The Balaban J connectivity index is 1.33. The van der Waals surface area contributed by atoms with E-state index in [0.717, 1.165) is 72.9 Å². The summed E-state index contributed by atoms with van der Waals surface area (Å²) in [7, 11) is 0. The highest BCUT2D eigenvalue weighted by Gasteiger charge is 2.24. The molecule has 0 fully saturated rings. The van der Waals surface area contributed by atoms with Crippen molar-refractivity contribution in [1.29, 1.82) is 0 Å². The summed E-state index contributed by atoms with van der Waals surface area (Å²) in [5.74, 6) is 1.23. The maximum atomic E-state index is 5.34. The molecule has 56 heavy (non-hydrogen) atoms. The van der Waals surface area contributed by atoms with Gasteiger partial charge >= 0.3 is 0 Å². The highest BCUT2D eigenvalue weighted by atomic mass is 15.0. The molecular weight excluding hydrogens is 683 g/mol. The average Bonchev–Trinajstić information content (AvgIpc) is 3.60. The van der Waals surface area contributed by atoms with E-state index < -0.39 is 0 Å². The van der Waals surface area contributed by atoms with Gasteiger partial charge in [0.25, 0.3) is 0 Å². The summed E-state index contributed by atoms with van der Waals surface area (Å²) in [4.78, 5) is 21.4. The van der Waals surface area contributed by atoms with Gasteiger partial charge in [0.15, 0.2) is 11.6 Å². The Morgan fingerprint density at radius 2 is 0.732 bits per heavy atom. The Morgan fingerprint density at radius 3 is 1.18 bits per heavy atom. The van der Waals surface area contributed by atoms with Crippen LogP contribution in [-0.4, -0.2) is 24.5 Å². The Bertz CT molecular complexity index is 2750. The molecular formula is C51H35N5. The van der Waals surface area contributed by atoms with Crippen molar-refractivity contribution in [1.82, 2.24) is 24.5 Å². The van der Waals surface area contributed by atoms with Crippen molar-refractivity contribution in [3.05, 3.63) is 200 Å². The molecule has 0 atom stereocenters. The van der Waals surface area contributed by atoms with Gasteiger partial charge in [-0.3, -0.25) is 0 Å². The lowest BCUT2D eigenvalue weighted by molar-refractivity contribution is 1.12. The predicted octanol–water partition coefficient (Wildman–Crippen LogP) is 12.7. The topological polar surface area (TPSA) is 56.5 Å². The molecule has 5 nitrogen and oxygen atoms in total. The molecule has 0 aliphatic carbocycles. The van der Waals surface area contributed by atoms with Crippen LogP contribution >= 0.6 is 0 Å². The molecule has 0 N–H and O–H groups in total. The van der Waals surface area contributed by atoms with Crippen molar-refractivity contribution < 1.29 is 0 Å². The van der Waals surface area contributed by atoms with E-state index in [4.69, 9.17) is 19.9 Å². The van der Waals surface area contributed by atoms with Crippen LogP contribution in [0.2, 0.25) is 0 Å². The molecule has 0 aliphatic rings. The first-order valence-electron chi connectivity index (χ1n) is 18.8. The smallest absolute Gasteiger partial charge is 0.162 e. The van der Waals surface area contributed by atoms with Crippen LogP contribution in [0.3, 0.4) is 0 Å². The first-order chi connectivity index (χ1) is 27.7. The maximum absolute atomic E-state index is 5.34. The minimum absolute atomic E-state index is 0.614. The molecule has 3 heterocycles. The Labute approximate surface area is 325 Å². The molecule has 3 aromatic heterocycles.